The van der Waals surface area contributed by atoms with Gasteiger partial charge in [0.05, 0.1) is 25.4 Å². The van der Waals surface area contributed by atoms with Gasteiger partial charge in [0, 0.05) is 24.8 Å². The number of benzene rings is 1. The van der Waals surface area contributed by atoms with Gasteiger partial charge in [0.1, 0.15) is 5.75 Å². The number of aryl methyl sites for hydroxylation is 1. The van der Waals surface area contributed by atoms with Gasteiger partial charge in [-0.05, 0) is 31.4 Å². The maximum Gasteiger partial charge on any atom is 0.318 e. The van der Waals surface area contributed by atoms with Crippen molar-refractivity contribution in [3.63, 3.8) is 0 Å². The van der Waals surface area contributed by atoms with Gasteiger partial charge in [-0.1, -0.05) is 38.0 Å². The summed E-state index contributed by atoms with van der Waals surface area (Å²) in [5.74, 6) is 0.826. The van der Waals surface area contributed by atoms with Crippen LogP contribution in [0.2, 0.25) is 0 Å². The van der Waals surface area contributed by atoms with Gasteiger partial charge in [0.25, 0.3) is 0 Å². The second kappa shape index (κ2) is 8.93. The molecule has 1 aliphatic rings. The van der Waals surface area contributed by atoms with Crippen LogP contribution in [-0.4, -0.2) is 33.9 Å². The zero-order chi connectivity index (χ0) is 19.2. The molecule has 1 aromatic heterocycles. The van der Waals surface area contributed by atoms with Crippen LogP contribution in [0.1, 0.15) is 56.3 Å². The standard InChI is InChI=1S/C21H30N4O2/c1-4-18(19-13-14-22-24(19)2)23-21(26)25(17-10-6-7-11-17)15-16-9-5-8-12-20(16)27-3/h5,8-9,12-14,17-18H,4,6-7,10-11,15H2,1-3H3,(H,23,26). The van der Waals surface area contributed by atoms with Crippen LogP contribution < -0.4 is 10.1 Å². The van der Waals surface area contributed by atoms with Crippen LogP contribution in [-0.2, 0) is 13.6 Å². The molecule has 2 amide bonds. The van der Waals surface area contributed by atoms with Crippen LogP contribution >= 0.6 is 0 Å². The van der Waals surface area contributed by atoms with E-state index in [9.17, 15) is 4.79 Å². The zero-order valence-corrected chi connectivity index (χ0v) is 16.5. The van der Waals surface area contributed by atoms with Crippen LogP contribution in [0, 0.1) is 0 Å². The Balaban J connectivity index is 1.80. The highest BCUT2D eigenvalue weighted by Crippen LogP contribution is 2.28. The molecule has 1 fully saturated rings. The van der Waals surface area contributed by atoms with E-state index in [0.717, 1.165) is 36.3 Å². The van der Waals surface area contributed by atoms with Crippen molar-refractivity contribution < 1.29 is 9.53 Å². The van der Waals surface area contributed by atoms with Crippen molar-refractivity contribution >= 4 is 6.03 Å². The summed E-state index contributed by atoms with van der Waals surface area (Å²) in [5, 5.41) is 7.47. The number of hydrogen-bond acceptors (Lipinski definition) is 3. The van der Waals surface area contributed by atoms with Gasteiger partial charge >= 0.3 is 6.03 Å². The molecule has 0 saturated heterocycles. The fourth-order valence-corrected chi connectivity index (χ4v) is 3.94. The van der Waals surface area contributed by atoms with Crippen molar-refractivity contribution in [3.05, 3.63) is 47.8 Å². The summed E-state index contributed by atoms with van der Waals surface area (Å²) in [7, 11) is 3.59. The number of carbonyl (C=O) groups excluding carboxylic acids is 1. The highest BCUT2D eigenvalue weighted by atomic mass is 16.5. The minimum absolute atomic E-state index is 0.0131. The fraction of sp³-hybridized carbons (Fsp3) is 0.524. The Morgan fingerprint density at radius 3 is 2.70 bits per heavy atom. The lowest BCUT2D eigenvalue weighted by Gasteiger charge is -2.31. The molecule has 2 aromatic rings. The van der Waals surface area contributed by atoms with Crippen molar-refractivity contribution in [2.45, 2.75) is 57.7 Å². The predicted molar refractivity (Wildman–Crippen MR) is 106 cm³/mol. The van der Waals surface area contributed by atoms with Crippen molar-refractivity contribution in [3.8, 4) is 5.75 Å². The third-order valence-electron chi connectivity index (χ3n) is 5.48. The van der Waals surface area contributed by atoms with Gasteiger partial charge in [0.2, 0.25) is 0 Å². The maximum absolute atomic E-state index is 13.3. The second-order valence-corrected chi connectivity index (χ2v) is 7.17. The lowest BCUT2D eigenvalue weighted by molar-refractivity contribution is 0.165. The summed E-state index contributed by atoms with van der Waals surface area (Å²) in [6.45, 7) is 2.64. The lowest BCUT2D eigenvalue weighted by atomic mass is 10.1. The number of carbonyl (C=O) groups is 1. The van der Waals surface area contributed by atoms with Crippen molar-refractivity contribution in [1.82, 2.24) is 20.0 Å². The van der Waals surface area contributed by atoms with Crippen LogP contribution in [0.15, 0.2) is 36.5 Å². The van der Waals surface area contributed by atoms with E-state index in [1.54, 1.807) is 13.3 Å². The molecular weight excluding hydrogens is 340 g/mol. The summed E-state index contributed by atoms with van der Waals surface area (Å²) >= 11 is 0. The van der Waals surface area contributed by atoms with E-state index in [2.05, 4.69) is 17.3 Å². The van der Waals surface area contributed by atoms with Crippen molar-refractivity contribution in [2.24, 2.45) is 7.05 Å². The number of aromatic nitrogens is 2. The number of nitrogens with zero attached hydrogens (tertiary/aromatic N) is 3. The Bertz CT molecular complexity index is 752. The van der Waals surface area contributed by atoms with Gasteiger partial charge in [-0.3, -0.25) is 4.68 Å². The van der Waals surface area contributed by atoms with Gasteiger partial charge in [-0.25, -0.2) is 4.79 Å². The van der Waals surface area contributed by atoms with E-state index in [0.29, 0.717) is 6.54 Å². The molecule has 1 N–H and O–H groups in total. The minimum Gasteiger partial charge on any atom is -0.496 e. The van der Waals surface area contributed by atoms with Gasteiger partial charge in [-0.15, -0.1) is 0 Å². The smallest absolute Gasteiger partial charge is 0.318 e. The van der Waals surface area contributed by atoms with Crippen LogP contribution in [0.4, 0.5) is 4.79 Å². The molecular formula is C21H30N4O2. The third-order valence-corrected chi connectivity index (χ3v) is 5.48. The number of amides is 2. The van der Waals surface area contributed by atoms with Crippen LogP contribution in [0.5, 0.6) is 5.75 Å². The molecule has 1 aromatic carbocycles. The second-order valence-electron chi connectivity index (χ2n) is 7.17. The van der Waals surface area contributed by atoms with Crippen molar-refractivity contribution in [2.75, 3.05) is 7.11 Å². The first-order valence-corrected chi connectivity index (χ1v) is 9.81. The predicted octanol–water partition coefficient (Wildman–Crippen LogP) is 4.03. The largest absolute Gasteiger partial charge is 0.496 e. The van der Waals surface area contributed by atoms with Gasteiger partial charge in [-0.2, -0.15) is 5.10 Å². The number of urea groups is 1. The molecule has 27 heavy (non-hydrogen) atoms. The van der Waals surface area contributed by atoms with E-state index in [1.165, 1.54) is 12.8 Å². The summed E-state index contributed by atoms with van der Waals surface area (Å²) in [6.07, 6.45) is 7.07. The molecule has 0 bridgehead atoms. The Hall–Kier alpha value is -2.50. The molecule has 146 valence electrons. The summed E-state index contributed by atoms with van der Waals surface area (Å²) < 4.78 is 7.32. The summed E-state index contributed by atoms with van der Waals surface area (Å²) in [5.41, 5.74) is 2.06. The number of nitrogens with one attached hydrogen (secondary N) is 1. The monoisotopic (exact) mass is 370 g/mol. The molecule has 0 aliphatic heterocycles. The zero-order valence-electron chi connectivity index (χ0n) is 16.5. The molecule has 0 radical (unpaired) electrons. The topological polar surface area (TPSA) is 59.4 Å². The first-order chi connectivity index (χ1) is 13.1. The average molecular weight is 370 g/mol. The number of hydrogen-bond donors (Lipinski definition) is 1. The Morgan fingerprint density at radius 1 is 1.33 bits per heavy atom. The summed E-state index contributed by atoms with van der Waals surface area (Å²) in [4.78, 5) is 15.2. The Labute approximate surface area is 161 Å². The molecule has 6 heteroatoms. The number of para-hydroxylation sites is 1. The van der Waals surface area contributed by atoms with E-state index >= 15 is 0 Å². The van der Waals surface area contributed by atoms with Crippen molar-refractivity contribution in [1.29, 1.82) is 0 Å². The highest BCUT2D eigenvalue weighted by Gasteiger charge is 2.29. The first kappa shape index (κ1) is 19.3. The molecule has 0 spiro atoms. The fourth-order valence-electron chi connectivity index (χ4n) is 3.94. The SMILES string of the molecule is CCC(NC(=O)N(Cc1ccccc1OC)C1CCCC1)c1ccnn1C. The quantitative estimate of drug-likeness (QED) is 0.800. The van der Waals surface area contributed by atoms with Crippen LogP contribution in [0.3, 0.4) is 0 Å². The molecule has 1 aliphatic carbocycles. The lowest BCUT2D eigenvalue weighted by Crippen LogP contribution is -2.46. The summed E-state index contributed by atoms with van der Waals surface area (Å²) in [6, 6.07) is 10.1. The molecule has 1 heterocycles. The first-order valence-electron chi connectivity index (χ1n) is 9.81. The normalized spacial score (nSPS) is 15.5. The minimum atomic E-state index is -0.0495. The van der Waals surface area contributed by atoms with E-state index in [-0.39, 0.29) is 18.1 Å². The van der Waals surface area contributed by atoms with Crippen LogP contribution in [0.25, 0.3) is 0 Å². The van der Waals surface area contributed by atoms with E-state index in [4.69, 9.17) is 4.74 Å². The molecule has 1 atom stereocenters. The number of ether oxygens (including phenoxy) is 1. The number of rotatable bonds is 7. The molecule has 6 nitrogen and oxygen atoms in total. The van der Waals surface area contributed by atoms with Gasteiger partial charge < -0.3 is 15.0 Å². The third kappa shape index (κ3) is 4.43. The van der Waals surface area contributed by atoms with Gasteiger partial charge in [0.15, 0.2) is 0 Å². The Kier molecular flexibility index (Phi) is 6.37. The molecule has 1 saturated carbocycles. The van der Waals surface area contributed by atoms with E-state index < -0.39 is 0 Å². The highest BCUT2D eigenvalue weighted by molar-refractivity contribution is 5.75. The Morgan fingerprint density at radius 2 is 2.07 bits per heavy atom. The average Bonchev–Trinajstić information content (AvgIpc) is 3.36. The number of methoxy groups -OCH3 is 1. The molecule has 3 rings (SSSR count). The maximum atomic E-state index is 13.3. The van der Waals surface area contributed by atoms with E-state index in [1.807, 2.05) is 47.0 Å². The molecule has 1 unspecified atom stereocenters.